The van der Waals surface area contributed by atoms with Gasteiger partial charge in [-0.05, 0) is 32.3 Å². The van der Waals surface area contributed by atoms with Gasteiger partial charge in [-0.3, -0.25) is 9.67 Å². The molecule has 1 aromatic heterocycles. The predicted octanol–water partition coefficient (Wildman–Crippen LogP) is 1.76. The van der Waals surface area contributed by atoms with Crippen LogP contribution < -0.4 is 10.6 Å². The summed E-state index contributed by atoms with van der Waals surface area (Å²) in [5.41, 5.74) is -5.25. The first-order valence-electron chi connectivity index (χ1n) is 8.82. The molecular formula is C15H26F3IN6O2S. The zero-order chi connectivity index (χ0) is 19.9. The van der Waals surface area contributed by atoms with Gasteiger partial charge in [-0.1, -0.05) is 0 Å². The van der Waals surface area contributed by atoms with E-state index in [9.17, 15) is 21.6 Å². The van der Waals surface area contributed by atoms with E-state index < -0.39 is 15.5 Å². The fourth-order valence-electron chi connectivity index (χ4n) is 2.76. The van der Waals surface area contributed by atoms with E-state index in [1.807, 2.05) is 23.9 Å². The molecular weight excluding hydrogens is 512 g/mol. The fourth-order valence-corrected chi connectivity index (χ4v) is 3.74. The highest BCUT2D eigenvalue weighted by Crippen LogP contribution is 2.28. The lowest BCUT2D eigenvalue weighted by Crippen LogP contribution is -2.51. The summed E-state index contributed by atoms with van der Waals surface area (Å²) in [6.45, 7) is 3.53. The van der Waals surface area contributed by atoms with Gasteiger partial charge in [-0.2, -0.15) is 22.6 Å². The number of hydrogen-bond acceptors (Lipinski definition) is 4. The minimum atomic E-state index is -5.25. The van der Waals surface area contributed by atoms with E-state index in [-0.39, 0.29) is 55.9 Å². The lowest BCUT2D eigenvalue weighted by atomic mass is 10.1. The Kier molecular flexibility index (Phi) is 9.97. The molecule has 1 aliphatic rings. The summed E-state index contributed by atoms with van der Waals surface area (Å²) < 4.78 is 63.1. The molecule has 2 rings (SSSR count). The number of halogens is 4. The van der Waals surface area contributed by atoms with Crippen molar-refractivity contribution in [1.29, 1.82) is 0 Å². The molecule has 28 heavy (non-hydrogen) atoms. The van der Waals surface area contributed by atoms with E-state index >= 15 is 0 Å². The van der Waals surface area contributed by atoms with Crippen molar-refractivity contribution in [2.45, 2.75) is 44.3 Å². The number of guanidine groups is 1. The highest BCUT2D eigenvalue weighted by Gasteiger charge is 2.50. The van der Waals surface area contributed by atoms with Crippen LogP contribution >= 0.6 is 24.0 Å². The molecule has 0 spiro atoms. The van der Waals surface area contributed by atoms with Crippen LogP contribution in [-0.2, 0) is 16.6 Å². The minimum Gasteiger partial charge on any atom is -0.357 e. The minimum absolute atomic E-state index is 0. The van der Waals surface area contributed by atoms with E-state index in [1.54, 1.807) is 6.20 Å². The molecule has 0 saturated carbocycles. The van der Waals surface area contributed by atoms with Gasteiger partial charge in [0, 0.05) is 51.2 Å². The topological polar surface area (TPSA) is 91.6 Å². The number of aromatic nitrogens is 2. The highest BCUT2D eigenvalue weighted by molar-refractivity contribution is 14.0. The number of sulfonamides is 1. The van der Waals surface area contributed by atoms with Gasteiger partial charge in [0.05, 0.1) is 0 Å². The third kappa shape index (κ3) is 7.06. The number of nitrogens with zero attached hydrogens (tertiary/aromatic N) is 4. The van der Waals surface area contributed by atoms with E-state index in [1.165, 1.54) is 0 Å². The first kappa shape index (κ1) is 24.9. The normalized spacial score (nSPS) is 17.2. The maximum Gasteiger partial charge on any atom is 0.511 e. The van der Waals surface area contributed by atoms with E-state index in [2.05, 4.69) is 20.7 Å². The quantitative estimate of drug-likeness (QED) is 0.239. The number of nitrogens with one attached hydrogen (secondary N) is 2. The fraction of sp³-hybridized carbons (Fsp3) is 0.733. The average molecular weight is 538 g/mol. The van der Waals surface area contributed by atoms with Crippen LogP contribution in [-0.4, -0.2) is 66.2 Å². The third-order valence-corrected chi connectivity index (χ3v) is 5.78. The molecule has 0 aliphatic carbocycles. The van der Waals surface area contributed by atoms with Gasteiger partial charge in [0.25, 0.3) is 0 Å². The summed E-state index contributed by atoms with van der Waals surface area (Å²) in [5.74, 6) is 0.579. The third-order valence-electron chi connectivity index (χ3n) is 4.15. The Hall–Kier alpha value is -1.09. The average Bonchev–Trinajstić information content (AvgIpc) is 3.12. The molecule has 1 aliphatic heterocycles. The Bertz CT molecular complexity index is 704. The molecule has 0 atom stereocenters. The molecule has 13 heteroatoms. The van der Waals surface area contributed by atoms with E-state index in [0.717, 1.165) is 13.0 Å². The van der Waals surface area contributed by atoms with Crippen LogP contribution in [0.3, 0.4) is 0 Å². The Morgan fingerprint density at radius 1 is 1.32 bits per heavy atom. The monoisotopic (exact) mass is 538 g/mol. The van der Waals surface area contributed by atoms with Gasteiger partial charge < -0.3 is 10.6 Å². The zero-order valence-electron chi connectivity index (χ0n) is 15.5. The van der Waals surface area contributed by atoms with Crippen molar-refractivity contribution in [3.8, 4) is 0 Å². The highest BCUT2D eigenvalue weighted by atomic mass is 127. The van der Waals surface area contributed by atoms with Crippen LogP contribution in [0, 0.1) is 0 Å². The Balaban J connectivity index is 0.00000392. The molecule has 8 nitrogen and oxygen atoms in total. The van der Waals surface area contributed by atoms with Crippen molar-refractivity contribution < 1.29 is 21.6 Å². The summed E-state index contributed by atoms with van der Waals surface area (Å²) in [6.07, 6.45) is 4.94. The second-order valence-corrected chi connectivity index (χ2v) is 8.08. The summed E-state index contributed by atoms with van der Waals surface area (Å²) in [5, 5.41) is 10.4. The lowest BCUT2D eigenvalue weighted by Gasteiger charge is -2.32. The van der Waals surface area contributed by atoms with Crippen LogP contribution in [0.4, 0.5) is 13.2 Å². The Labute approximate surface area is 180 Å². The number of aliphatic imine (C=N–C) groups is 1. The number of rotatable bonds is 7. The number of alkyl halides is 3. The summed E-state index contributed by atoms with van der Waals surface area (Å²) in [7, 11) is -5.25. The van der Waals surface area contributed by atoms with E-state index in [0.29, 0.717) is 23.4 Å². The van der Waals surface area contributed by atoms with Crippen LogP contribution in [0.5, 0.6) is 0 Å². The molecule has 0 unspecified atom stereocenters. The maximum absolute atomic E-state index is 12.6. The Morgan fingerprint density at radius 2 is 2.00 bits per heavy atom. The van der Waals surface area contributed by atoms with Crippen molar-refractivity contribution >= 4 is 40.0 Å². The molecule has 0 amide bonds. The molecule has 1 fully saturated rings. The summed E-state index contributed by atoms with van der Waals surface area (Å²) >= 11 is 0. The Morgan fingerprint density at radius 3 is 2.54 bits per heavy atom. The number of aryl methyl sites for hydroxylation is 1. The van der Waals surface area contributed by atoms with Gasteiger partial charge >= 0.3 is 15.5 Å². The number of piperidine rings is 1. The lowest BCUT2D eigenvalue weighted by molar-refractivity contribution is -0.0494. The van der Waals surface area contributed by atoms with Gasteiger partial charge in [0.1, 0.15) is 0 Å². The first-order chi connectivity index (χ1) is 12.7. The zero-order valence-corrected chi connectivity index (χ0v) is 18.7. The summed E-state index contributed by atoms with van der Waals surface area (Å²) in [4.78, 5) is 4.46. The van der Waals surface area contributed by atoms with Crippen molar-refractivity contribution in [2.75, 3.05) is 26.2 Å². The second-order valence-electron chi connectivity index (χ2n) is 6.15. The van der Waals surface area contributed by atoms with Crippen molar-refractivity contribution in [1.82, 2.24) is 24.7 Å². The van der Waals surface area contributed by atoms with Crippen LogP contribution in [0.15, 0.2) is 23.5 Å². The standard InChI is InChI=1S/C15H25F3N6O2S.HI/c1-2-19-14(20-7-3-9-23-10-4-8-21-23)22-13-5-11-24(12-6-13)27(25,26)15(16,17)18;/h4,8,10,13H,2-3,5-7,9,11-12H2,1H3,(H2,19,20,22);1H. The SMILES string of the molecule is CCNC(=NCCCn1cccn1)NC1CCN(S(=O)(=O)C(F)(F)F)CC1.I. The van der Waals surface area contributed by atoms with Gasteiger partial charge in [0.2, 0.25) is 0 Å². The molecule has 0 radical (unpaired) electrons. The molecule has 1 saturated heterocycles. The first-order valence-corrected chi connectivity index (χ1v) is 10.3. The van der Waals surface area contributed by atoms with Crippen LogP contribution in [0.2, 0.25) is 0 Å². The van der Waals surface area contributed by atoms with E-state index in [4.69, 9.17) is 0 Å². The second kappa shape index (κ2) is 11.2. The van der Waals surface area contributed by atoms with Crippen molar-refractivity contribution in [3.63, 3.8) is 0 Å². The van der Waals surface area contributed by atoms with Gasteiger partial charge in [-0.25, -0.2) is 8.42 Å². The van der Waals surface area contributed by atoms with Crippen molar-refractivity contribution in [3.05, 3.63) is 18.5 Å². The molecule has 2 N–H and O–H groups in total. The smallest absolute Gasteiger partial charge is 0.357 e. The predicted molar refractivity (Wildman–Crippen MR) is 111 cm³/mol. The summed E-state index contributed by atoms with van der Waals surface area (Å²) in [6, 6.07) is 1.72. The van der Waals surface area contributed by atoms with Crippen molar-refractivity contribution in [2.24, 2.45) is 4.99 Å². The molecule has 2 heterocycles. The molecule has 0 aromatic carbocycles. The van der Waals surface area contributed by atoms with Gasteiger partial charge in [-0.15, -0.1) is 24.0 Å². The molecule has 0 bridgehead atoms. The van der Waals surface area contributed by atoms with Crippen LogP contribution in [0.25, 0.3) is 0 Å². The van der Waals surface area contributed by atoms with Gasteiger partial charge in [0.15, 0.2) is 5.96 Å². The maximum atomic E-state index is 12.6. The molecule has 162 valence electrons. The largest absolute Gasteiger partial charge is 0.511 e. The van der Waals surface area contributed by atoms with Crippen LogP contribution in [0.1, 0.15) is 26.2 Å². The molecule has 1 aromatic rings. The number of hydrogen-bond donors (Lipinski definition) is 2.